The molecule has 2 heterocycles. The Labute approximate surface area is 305 Å². The zero-order valence-electron chi connectivity index (χ0n) is 28.7. The van der Waals surface area contributed by atoms with Crippen LogP contribution in [-0.4, -0.2) is 0 Å². The summed E-state index contributed by atoms with van der Waals surface area (Å²) in [5, 5.41) is 9.06. The van der Waals surface area contributed by atoms with Gasteiger partial charge < -0.3 is 13.7 Å². The Balaban J connectivity index is 1.24. The molecule has 0 amide bonds. The van der Waals surface area contributed by atoms with E-state index in [0.717, 1.165) is 72.1 Å². The molecule has 0 radical (unpaired) electrons. The van der Waals surface area contributed by atoms with Gasteiger partial charge in [-0.3, -0.25) is 0 Å². The van der Waals surface area contributed by atoms with E-state index in [-0.39, 0.29) is 0 Å². The van der Waals surface area contributed by atoms with Gasteiger partial charge in [-0.05, 0) is 75.3 Å². The van der Waals surface area contributed by atoms with Crippen LogP contribution in [0.4, 0.5) is 17.1 Å². The topological polar surface area (TPSA) is 29.5 Å². The highest BCUT2D eigenvalue weighted by Gasteiger charge is 2.26. The van der Waals surface area contributed by atoms with Crippen LogP contribution < -0.4 is 4.90 Å². The van der Waals surface area contributed by atoms with Crippen LogP contribution >= 0.6 is 0 Å². The average molecular weight is 678 g/mol. The van der Waals surface area contributed by atoms with Gasteiger partial charge in [-0.15, -0.1) is 0 Å². The number of hydrogen-bond donors (Lipinski definition) is 0. The lowest BCUT2D eigenvalue weighted by molar-refractivity contribution is 0.669. The Morgan fingerprint density at radius 2 is 0.849 bits per heavy atom. The number of fused-ring (bicyclic) bond motifs is 9. The lowest BCUT2D eigenvalue weighted by Crippen LogP contribution is -2.11. The molecular formula is C50H31NO2. The van der Waals surface area contributed by atoms with Crippen LogP contribution in [0, 0.1) is 0 Å². The van der Waals surface area contributed by atoms with Gasteiger partial charge in [0, 0.05) is 21.7 Å². The van der Waals surface area contributed by atoms with Crippen molar-refractivity contribution in [3.8, 4) is 22.3 Å². The number of hydrogen-bond acceptors (Lipinski definition) is 3. The van der Waals surface area contributed by atoms with Crippen LogP contribution in [0.3, 0.4) is 0 Å². The molecule has 0 fully saturated rings. The van der Waals surface area contributed by atoms with Crippen LogP contribution in [0.5, 0.6) is 0 Å². The molecule has 248 valence electrons. The van der Waals surface area contributed by atoms with Gasteiger partial charge in [0.05, 0.1) is 27.8 Å². The Morgan fingerprint density at radius 3 is 1.66 bits per heavy atom. The minimum absolute atomic E-state index is 0.849. The summed E-state index contributed by atoms with van der Waals surface area (Å²) in [6, 6.07) is 66.7. The van der Waals surface area contributed by atoms with Crippen molar-refractivity contribution in [1.29, 1.82) is 0 Å². The number of nitrogens with zero attached hydrogens (tertiary/aromatic N) is 1. The maximum Gasteiger partial charge on any atom is 0.145 e. The number of para-hydroxylation sites is 2. The fourth-order valence-corrected chi connectivity index (χ4v) is 8.25. The van der Waals surface area contributed by atoms with E-state index in [1.807, 2.05) is 12.1 Å². The summed E-state index contributed by atoms with van der Waals surface area (Å²) in [5.41, 5.74) is 11.1. The molecule has 3 nitrogen and oxygen atoms in total. The molecule has 11 aromatic rings. The summed E-state index contributed by atoms with van der Waals surface area (Å²) >= 11 is 0. The van der Waals surface area contributed by atoms with Gasteiger partial charge >= 0.3 is 0 Å². The first-order chi connectivity index (χ1) is 26.3. The molecule has 9 aromatic carbocycles. The lowest BCUT2D eigenvalue weighted by Gasteiger charge is -2.29. The van der Waals surface area contributed by atoms with Gasteiger partial charge in [0.2, 0.25) is 0 Å². The molecule has 0 bridgehead atoms. The van der Waals surface area contributed by atoms with Crippen molar-refractivity contribution in [1.82, 2.24) is 0 Å². The smallest absolute Gasteiger partial charge is 0.145 e. The fraction of sp³-hybridized carbons (Fsp3) is 0. The molecule has 0 saturated heterocycles. The third kappa shape index (κ3) is 4.61. The Bertz CT molecular complexity index is 3170. The predicted molar refractivity (Wildman–Crippen MR) is 222 cm³/mol. The van der Waals surface area contributed by atoms with Crippen molar-refractivity contribution in [2.24, 2.45) is 0 Å². The number of furan rings is 2. The number of anilines is 3. The maximum atomic E-state index is 6.87. The Morgan fingerprint density at radius 1 is 0.302 bits per heavy atom. The summed E-state index contributed by atoms with van der Waals surface area (Å²) in [4.78, 5) is 2.44. The molecule has 0 saturated carbocycles. The minimum atomic E-state index is 0.849. The third-order valence-electron chi connectivity index (χ3n) is 10.7. The van der Waals surface area contributed by atoms with E-state index in [4.69, 9.17) is 8.83 Å². The summed E-state index contributed by atoms with van der Waals surface area (Å²) in [5.74, 6) is 0. The highest BCUT2D eigenvalue weighted by molar-refractivity contribution is 6.23. The van der Waals surface area contributed by atoms with E-state index in [2.05, 4.69) is 181 Å². The minimum Gasteiger partial charge on any atom is -0.456 e. The first kappa shape index (κ1) is 29.6. The molecule has 0 aliphatic carbocycles. The van der Waals surface area contributed by atoms with E-state index >= 15 is 0 Å². The van der Waals surface area contributed by atoms with E-state index < -0.39 is 0 Å². The van der Waals surface area contributed by atoms with Gasteiger partial charge in [0.1, 0.15) is 22.3 Å². The predicted octanol–water partition coefficient (Wildman–Crippen LogP) is 14.6. The molecule has 0 aliphatic rings. The summed E-state index contributed by atoms with van der Waals surface area (Å²) in [6.07, 6.45) is 0. The first-order valence-corrected chi connectivity index (χ1v) is 18.0. The van der Waals surface area contributed by atoms with Crippen molar-refractivity contribution >= 4 is 82.5 Å². The highest BCUT2D eigenvalue weighted by Crippen LogP contribution is 2.50. The van der Waals surface area contributed by atoms with E-state index in [1.165, 1.54) is 32.7 Å². The number of benzene rings is 9. The molecular weight excluding hydrogens is 647 g/mol. The van der Waals surface area contributed by atoms with Crippen molar-refractivity contribution in [3.05, 3.63) is 188 Å². The van der Waals surface area contributed by atoms with Crippen molar-refractivity contribution < 1.29 is 8.83 Å². The SMILES string of the molecule is c1ccc(-c2ccc(-c3ccc(N(c4cccc5ccc6ccccc6c45)c4cccc5oc6ccccc6c45)c4c3oc3ccccc34)cc2)cc1. The molecule has 0 unspecified atom stereocenters. The summed E-state index contributed by atoms with van der Waals surface area (Å²) < 4.78 is 13.4. The van der Waals surface area contributed by atoms with E-state index in [1.54, 1.807) is 0 Å². The van der Waals surface area contributed by atoms with Crippen molar-refractivity contribution in [2.75, 3.05) is 4.90 Å². The summed E-state index contributed by atoms with van der Waals surface area (Å²) in [6.45, 7) is 0. The lowest BCUT2D eigenvalue weighted by atomic mass is 9.96. The zero-order valence-corrected chi connectivity index (χ0v) is 28.7. The van der Waals surface area contributed by atoms with Gasteiger partial charge in [0.15, 0.2) is 0 Å². The van der Waals surface area contributed by atoms with E-state index in [9.17, 15) is 0 Å². The van der Waals surface area contributed by atoms with Crippen LogP contribution in [0.2, 0.25) is 0 Å². The first-order valence-electron chi connectivity index (χ1n) is 18.0. The normalized spacial score (nSPS) is 11.8. The summed E-state index contributed by atoms with van der Waals surface area (Å²) in [7, 11) is 0. The third-order valence-corrected chi connectivity index (χ3v) is 10.7. The van der Waals surface area contributed by atoms with Crippen molar-refractivity contribution in [2.45, 2.75) is 0 Å². The van der Waals surface area contributed by atoms with Crippen LogP contribution in [0.15, 0.2) is 197 Å². The van der Waals surface area contributed by atoms with Gasteiger partial charge in [-0.1, -0.05) is 146 Å². The van der Waals surface area contributed by atoms with E-state index in [0.29, 0.717) is 0 Å². The zero-order chi connectivity index (χ0) is 34.9. The van der Waals surface area contributed by atoms with Gasteiger partial charge in [0.25, 0.3) is 0 Å². The molecule has 0 aliphatic heterocycles. The van der Waals surface area contributed by atoms with Crippen LogP contribution in [0.1, 0.15) is 0 Å². The highest BCUT2D eigenvalue weighted by atomic mass is 16.3. The fourth-order valence-electron chi connectivity index (χ4n) is 8.25. The largest absolute Gasteiger partial charge is 0.456 e. The van der Waals surface area contributed by atoms with Gasteiger partial charge in [-0.25, -0.2) is 0 Å². The molecule has 2 aromatic heterocycles. The Kier molecular flexibility index (Phi) is 6.55. The van der Waals surface area contributed by atoms with Crippen LogP contribution in [-0.2, 0) is 0 Å². The Hall–Kier alpha value is -7.10. The standard InChI is InChI=1S/C50H31NO2/c1-2-12-32(13-3-1)33-24-26-35(27-25-33)38-30-31-43(49-40-18-7-9-22-45(40)53-50(38)49)51(42-20-11-23-46-48(42)39-17-6-8-21-44(39)52-46)41-19-10-15-36-29-28-34-14-4-5-16-37(34)47(36)41/h1-31H. The molecule has 0 atom stereocenters. The molecule has 0 spiro atoms. The second kappa shape index (κ2) is 11.7. The van der Waals surface area contributed by atoms with Crippen LogP contribution in [0.25, 0.3) is 87.7 Å². The van der Waals surface area contributed by atoms with Gasteiger partial charge in [-0.2, -0.15) is 0 Å². The second-order valence-corrected chi connectivity index (χ2v) is 13.6. The second-order valence-electron chi connectivity index (χ2n) is 13.6. The molecule has 0 N–H and O–H groups in total. The maximum absolute atomic E-state index is 6.87. The number of rotatable bonds is 5. The average Bonchev–Trinajstić information content (AvgIpc) is 3.81. The van der Waals surface area contributed by atoms with Crippen molar-refractivity contribution in [3.63, 3.8) is 0 Å². The molecule has 3 heteroatoms. The molecule has 11 rings (SSSR count). The molecule has 53 heavy (non-hydrogen) atoms. The quantitative estimate of drug-likeness (QED) is 0.170. The monoisotopic (exact) mass is 677 g/mol.